The van der Waals surface area contributed by atoms with Crippen molar-refractivity contribution in [2.24, 2.45) is 5.92 Å². The lowest BCUT2D eigenvalue weighted by Gasteiger charge is -2.25. The molecule has 0 amide bonds. The van der Waals surface area contributed by atoms with Gasteiger partial charge in [-0.05, 0) is 51.1 Å². The van der Waals surface area contributed by atoms with Gasteiger partial charge in [0, 0.05) is 19.1 Å². The molecule has 2 nitrogen and oxygen atoms in total. The zero-order valence-corrected chi connectivity index (χ0v) is 11.6. The van der Waals surface area contributed by atoms with Crippen LogP contribution in [0.2, 0.25) is 0 Å². The van der Waals surface area contributed by atoms with E-state index in [1.165, 1.54) is 77.5 Å². The van der Waals surface area contributed by atoms with Crippen molar-refractivity contribution in [1.29, 1.82) is 0 Å². The minimum absolute atomic E-state index is 0.881. The summed E-state index contributed by atoms with van der Waals surface area (Å²) >= 11 is 0. The maximum absolute atomic E-state index is 3.68. The lowest BCUT2D eigenvalue weighted by molar-refractivity contribution is 0.243. The molecule has 1 aliphatic carbocycles. The van der Waals surface area contributed by atoms with Gasteiger partial charge in [0.15, 0.2) is 0 Å². The summed E-state index contributed by atoms with van der Waals surface area (Å²) in [5, 5.41) is 3.68. The smallest absolute Gasteiger partial charge is 0.0110 e. The molecule has 0 radical (unpaired) electrons. The van der Waals surface area contributed by atoms with Gasteiger partial charge in [-0.2, -0.15) is 0 Å². The molecule has 0 aromatic rings. The third-order valence-electron chi connectivity index (χ3n) is 4.70. The number of nitrogens with zero attached hydrogens (tertiary/aromatic N) is 1. The average molecular weight is 238 g/mol. The van der Waals surface area contributed by atoms with Gasteiger partial charge in [-0.3, -0.25) is 4.90 Å². The SMILES string of the molecule is CCC1CCCN1CCNCC1CCCCC1. The Morgan fingerprint density at radius 1 is 1.06 bits per heavy atom. The summed E-state index contributed by atoms with van der Waals surface area (Å²) in [6.07, 6.45) is 11.5. The molecule has 2 aliphatic rings. The van der Waals surface area contributed by atoms with Crippen molar-refractivity contribution in [3.05, 3.63) is 0 Å². The van der Waals surface area contributed by atoms with Crippen LogP contribution in [0.4, 0.5) is 0 Å². The molecule has 1 unspecified atom stereocenters. The van der Waals surface area contributed by atoms with Crippen LogP contribution in [-0.2, 0) is 0 Å². The van der Waals surface area contributed by atoms with Crippen LogP contribution in [0.25, 0.3) is 0 Å². The van der Waals surface area contributed by atoms with Crippen LogP contribution in [0.3, 0.4) is 0 Å². The summed E-state index contributed by atoms with van der Waals surface area (Å²) in [5.41, 5.74) is 0. The number of nitrogens with one attached hydrogen (secondary N) is 1. The highest BCUT2D eigenvalue weighted by atomic mass is 15.2. The molecule has 2 heteroatoms. The molecule has 0 aromatic carbocycles. The maximum atomic E-state index is 3.68. The first-order valence-corrected chi connectivity index (χ1v) is 7.85. The molecular formula is C15H30N2. The van der Waals surface area contributed by atoms with Gasteiger partial charge in [0.1, 0.15) is 0 Å². The van der Waals surface area contributed by atoms with E-state index >= 15 is 0 Å². The zero-order chi connectivity index (χ0) is 11.9. The van der Waals surface area contributed by atoms with Crippen LogP contribution in [0.5, 0.6) is 0 Å². The van der Waals surface area contributed by atoms with Crippen LogP contribution >= 0.6 is 0 Å². The Balaban J connectivity index is 1.53. The molecule has 1 aliphatic heterocycles. The van der Waals surface area contributed by atoms with Crippen LogP contribution in [0.1, 0.15) is 58.3 Å². The van der Waals surface area contributed by atoms with Gasteiger partial charge in [0.05, 0.1) is 0 Å². The van der Waals surface area contributed by atoms with E-state index in [2.05, 4.69) is 17.1 Å². The minimum Gasteiger partial charge on any atom is -0.315 e. The van der Waals surface area contributed by atoms with Crippen LogP contribution in [0, 0.1) is 5.92 Å². The van der Waals surface area contributed by atoms with E-state index < -0.39 is 0 Å². The van der Waals surface area contributed by atoms with Gasteiger partial charge in [-0.15, -0.1) is 0 Å². The second-order valence-corrected chi connectivity index (χ2v) is 5.95. The molecule has 1 saturated carbocycles. The predicted molar refractivity (Wildman–Crippen MR) is 74.3 cm³/mol. The third kappa shape index (κ3) is 4.26. The second kappa shape index (κ2) is 7.38. The standard InChI is InChI=1S/C15H30N2/c1-2-15-9-6-11-17(15)12-10-16-13-14-7-4-3-5-8-14/h14-16H,2-13H2,1H3. The van der Waals surface area contributed by atoms with E-state index in [9.17, 15) is 0 Å². The van der Waals surface area contributed by atoms with Crippen molar-refractivity contribution < 1.29 is 0 Å². The largest absolute Gasteiger partial charge is 0.315 e. The average Bonchev–Trinajstić information content (AvgIpc) is 2.83. The van der Waals surface area contributed by atoms with Gasteiger partial charge in [0.25, 0.3) is 0 Å². The molecule has 100 valence electrons. The first kappa shape index (κ1) is 13.4. The number of likely N-dealkylation sites (tertiary alicyclic amines) is 1. The van der Waals surface area contributed by atoms with Gasteiger partial charge >= 0.3 is 0 Å². The molecule has 17 heavy (non-hydrogen) atoms. The van der Waals surface area contributed by atoms with Crippen LogP contribution < -0.4 is 5.32 Å². The van der Waals surface area contributed by atoms with E-state index in [-0.39, 0.29) is 0 Å². The molecule has 2 fully saturated rings. The first-order chi connectivity index (χ1) is 8.40. The monoisotopic (exact) mass is 238 g/mol. The normalized spacial score (nSPS) is 27.7. The quantitative estimate of drug-likeness (QED) is 0.716. The summed E-state index contributed by atoms with van der Waals surface area (Å²) in [4.78, 5) is 2.69. The van der Waals surface area contributed by atoms with Crippen LogP contribution in [-0.4, -0.2) is 37.1 Å². The van der Waals surface area contributed by atoms with Crippen molar-refractivity contribution in [1.82, 2.24) is 10.2 Å². The highest BCUT2D eigenvalue weighted by molar-refractivity contribution is 4.78. The van der Waals surface area contributed by atoms with Crippen molar-refractivity contribution in [2.45, 2.75) is 64.3 Å². The molecule has 1 saturated heterocycles. The van der Waals surface area contributed by atoms with Crippen molar-refractivity contribution in [3.63, 3.8) is 0 Å². The Bertz CT molecular complexity index is 199. The van der Waals surface area contributed by atoms with E-state index in [1.54, 1.807) is 0 Å². The molecule has 0 bridgehead atoms. The van der Waals surface area contributed by atoms with Crippen LogP contribution in [0.15, 0.2) is 0 Å². The Morgan fingerprint density at radius 3 is 2.65 bits per heavy atom. The van der Waals surface area contributed by atoms with Gasteiger partial charge < -0.3 is 5.32 Å². The molecule has 1 heterocycles. The zero-order valence-electron chi connectivity index (χ0n) is 11.6. The number of rotatable bonds is 6. The predicted octanol–water partition coefficient (Wildman–Crippen LogP) is 3.03. The summed E-state index contributed by atoms with van der Waals surface area (Å²) in [6, 6.07) is 0.881. The summed E-state index contributed by atoms with van der Waals surface area (Å²) < 4.78 is 0. The topological polar surface area (TPSA) is 15.3 Å². The molecule has 0 spiro atoms. The maximum Gasteiger partial charge on any atom is 0.0110 e. The fourth-order valence-electron chi connectivity index (χ4n) is 3.57. The van der Waals surface area contributed by atoms with Gasteiger partial charge in [-0.1, -0.05) is 26.2 Å². The second-order valence-electron chi connectivity index (χ2n) is 5.95. The summed E-state index contributed by atoms with van der Waals surface area (Å²) in [5.74, 6) is 0.976. The van der Waals surface area contributed by atoms with E-state index in [1.807, 2.05) is 0 Å². The summed E-state index contributed by atoms with van der Waals surface area (Å²) in [7, 11) is 0. The van der Waals surface area contributed by atoms with Crippen molar-refractivity contribution in [2.75, 3.05) is 26.2 Å². The fourth-order valence-corrected chi connectivity index (χ4v) is 3.57. The molecular weight excluding hydrogens is 208 g/mol. The first-order valence-electron chi connectivity index (χ1n) is 7.85. The number of hydrogen-bond acceptors (Lipinski definition) is 2. The van der Waals surface area contributed by atoms with Gasteiger partial charge in [-0.25, -0.2) is 0 Å². The Kier molecular flexibility index (Phi) is 5.79. The van der Waals surface area contributed by atoms with Gasteiger partial charge in [0.2, 0.25) is 0 Å². The van der Waals surface area contributed by atoms with E-state index in [4.69, 9.17) is 0 Å². The summed E-state index contributed by atoms with van der Waals surface area (Å²) in [6.45, 7) is 7.41. The molecule has 1 N–H and O–H groups in total. The van der Waals surface area contributed by atoms with E-state index in [0.29, 0.717) is 0 Å². The van der Waals surface area contributed by atoms with Crippen molar-refractivity contribution >= 4 is 0 Å². The minimum atomic E-state index is 0.881. The molecule has 0 aromatic heterocycles. The van der Waals surface area contributed by atoms with E-state index in [0.717, 1.165) is 12.0 Å². The highest BCUT2D eigenvalue weighted by Gasteiger charge is 2.21. The third-order valence-corrected chi connectivity index (χ3v) is 4.70. The Labute approximate surface area is 107 Å². The lowest BCUT2D eigenvalue weighted by Crippen LogP contribution is -2.37. The Morgan fingerprint density at radius 2 is 1.88 bits per heavy atom. The highest BCUT2D eigenvalue weighted by Crippen LogP contribution is 2.22. The number of hydrogen-bond donors (Lipinski definition) is 1. The fraction of sp³-hybridized carbons (Fsp3) is 1.00. The molecule has 1 atom stereocenters. The lowest BCUT2D eigenvalue weighted by atomic mass is 9.89. The molecule has 2 rings (SSSR count). The Hall–Kier alpha value is -0.0800. The van der Waals surface area contributed by atoms with Crippen molar-refractivity contribution in [3.8, 4) is 0 Å².